The molecular weight excluding hydrogens is 433 g/mol. The van der Waals surface area contributed by atoms with Gasteiger partial charge in [-0.05, 0) is 44.4 Å². The Morgan fingerprint density at radius 2 is 2.06 bits per heavy atom. The molecule has 0 saturated carbocycles. The predicted molar refractivity (Wildman–Crippen MR) is 119 cm³/mol. The third-order valence-electron chi connectivity index (χ3n) is 5.58. The number of anilines is 1. The van der Waals surface area contributed by atoms with Crippen LogP contribution in [-0.4, -0.2) is 74.1 Å². The average Bonchev–Trinajstić information content (AvgIpc) is 2.80. The van der Waals surface area contributed by atoms with E-state index in [4.69, 9.17) is 0 Å². The van der Waals surface area contributed by atoms with Crippen molar-refractivity contribution in [3.63, 3.8) is 0 Å². The summed E-state index contributed by atoms with van der Waals surface area (Å²) < 4.78 is 17.9. The van der Waals surface area contributed by atoms with Crippen LogP contribution in [0.2, 0.25) is 0 Å². The molecule has 0 spiro atoms. The van der Waals surface area contributed by atoms with Gasteiger partial charge in [0.15, 0.2) is 6.04 Å². The summed E-state index contributed by atoms with van der Waals surface area (Å²) in [4.78, 5) is 50.9. The van der Waals surface area contributed by atoms with Crippen molar-refractivity contribution in [2.45, 2.75) is 50.7 Å². The van der Waals surface area contributed by atoms with Crippen LogP contribution in [-0.2, 0) is 19.1 Å². The number of amides is 4. The Kier molecular flexibility index (Phi) is 10.0. The van der Waals surface area contributed by atoms with E-state index in [0.717, 1.165) is 0 Å². The number of quaternary nitrogens is 1. The zero-order valence-corrected chi connectivity index (χ0v) is 19.2. The van der Waals surface area contributed by atoms with Crippen LogP contribution >= 0.6 is 0 Å². The van der Waals surface area contributed by atoms with Gasteiger partial charge >= 0.3 is 12.0 Å². The molecule has 0 aliphatic carbocycles. The second kappa shape index (κ2) is 12.7. The highest BCUT2D eigenvalue weighted by Gasteiger charge is 2.38. The molecule has 11 heteroatoms. The summed E-state index contributed by atoms with van der Waals surface area (Å²) >= 11 is 0. The minimum Gasteiger partial charge on any atom is -0.469 e. The molecule has 1 aromatic rings. The number of nitrogens with one attached hydrogen (secondary N) is 3. The van der Waals surface area contributed by atoms with Crippen molar-refractivity contribution in [1.29, 1.82) is 0 Å². The van der Waals surface area contributed by atoms with Gasteiger partial charge < -0.3 is 30.9 Å². The van der Waals surface area contributed by atoms with Gasteiger partial charge in [0.1, 0.15) is 11.9 Å². The summed E-state index contributed by atoms with van der Waals surface area (Å²) in [6.45, 7) is 2.34. The first-order valence-corrected chi connectivity index (χ1v) is 11.0. The molecule has 1 fully saturated rings. The molecule has 1 aliphatic heterocycles. The van der Waals surface area contributed by atoms with E-state index in [1.165, 1.54) is 25.3 Å². The second-order valence-electron chi connectivity index (χ2n) is 7.97. The molecule has 0 unspecified atom stereocenters. The van der Waals surface area contributed by atoms with Crippen molar-refractivity contribution in [3.8, 4) is 0 Å². The molecule has 0 aromatic heterocycles. The molecule has 33 heavy (non-hydrogen) atoms. The number of piperidine rings is 1. The van der Waals surface area contributed by atoms with E-state index in [1.807, 2.05) is 0 Å². The van der Waals surface area contributed by atoms with Gasteiger partial charge in [-0.15, -0.1) is 0 Å². The normalized spacial score (nSPS) is 18.7. The molecule has 2 rings (SSSR count). The van der Waals surface area contributed by atoms with E-state index >= 15 is 0 Å². The van der Waals surface area contributed by atoms with Crippen molar-refractivity contribution in [2.75, 3.05) is 32.6 Å². The molecule has 10 nitrogen and oxygen atoms in total. The summed E-state index contributed by atoms with van der Waals surface area (Å²) in [7, 11) is 3.09. The maximum Gasteiger partial charge on any atom is 0.319 e. The maximum atomic E-state index is 13.3. The minimum atomic E-state index is -0.758. The molecular formula is C22H33FN5O5+. The van der Waals surface area contributed by atoms with E-state index in [-0.39, 0.29) is 49.3 Å². The lowest BCUT2D eigenvalue weighted by atomic mass is 9.95. The number of benzene rings is 1. The van der Waals surface area contributed by atoms with Gasteiger partial charge in [-0.25, -0.2) is 9.18 Å². The first-order chi connectivity index (χ1) is 15.7. The van der Waals surface area contributed by atoms with Crippen molar-refractivity contribution >= 4 is 29.5 Å². The van der Waals surface area contributed by atoms with Gasteiger partial charge in [0.25, 0.3) is 5.91 Å². The van der Waals surface area contributed by atoms with Crippen molar-refractivity contribution in [2.24, 2.45) is 0 Å². The summed E-state index contributed by atoms with van der Waals surface area (Å²) in [6.07, 6.45) is 1.30. The second-order valence-corrected chi connectivity index (χ2v) is 7.97. The first kappa shape index (κ1) is 26.0. The average molecular weight is 467 g/mol. The summed E-state index contributed by atoms with van der Waals surface area (Å²) in [5.74, 6) is -1.33. The minimum absolute atomic E-state index is 0.158. The van der Waals surface area contributed by atoms with E-state index in [2.05, 4.69) is 20.7 Å². The van der Waals surface area contributed by atoms with E-state index in [0.29, 0.717) is 25.1 Å². The van der Waals surface area contributed by atoms with Crippen LogP contribution in [0.25, 0.3) is 0 Å². The van der Waals surface area contributed by atoms with Crippen molar-refractivity contribution in [1.82, 2.24) is 15.5 Å². The van der Waals surface area contributed by atoms with E-state index in [9.17, 15) is 23.6 Å². The zero-order chi connectivity index (χ0) is 24.4. The summed E-state index contributed by atoms with van der Waals surface area (Å²) in [6, 6.07) is 3.56. The van der Waals surface area contributed by atoms with Crippen molar-refractivity contribution < 1.29 is 33.6 Å². The number of urea groups is 1. The van der Waals surface area contributed by atoms with Gasteiger partial charge in [0.2, 0.25) is 5.91 Å². The number of carbonyl (C=O) groups is 4. The zero-order valence-electron chi connectivity index (χ0n) is 19.2. The number of carbonyl (C=O) groups excluding carboxylic acids is 4. The Morgan fingerprint density at radius 3 is 2.73 bits per heavy atom. The Bertz CT molecular complexity index is 852. The smallest absolute Gasteiger partial charge is 0.319 e. The monoisotopic (exact) mass is 466 g/mol. The fraction of sp³-hybridized carbons (Fsp3) is 0.545. The van der Waals surface area contributed by atoms with Gasteiger partial charge in [0.05, 0.1) is 14.2 Å². The van der Waals surface area contributed by atoms with E-state index < -0.39 is 17.9 Å². The molecule has 1 heterocycles. The number of esters is 1. The van der Waals surface area contributed by atoms with Crippen LogP contribution in [0, 0.1) is 5.82 Å². The van der Waals surface area contributed by atoms with Crippen LogP contribution in [0.15, 0.2) is 24.3 Å². The maximum absolute atomic E-state index is 13.3. The SMILES string of the molecule is C[NH2+][C@@H](C)C(=O)N1CC[C@H](NC(=O)Nc2cccc(F)c2)C[C@H]1C(=O)NCCCC(=O)OC. The number of rotatable bonds is 9. The summed E-state index contributed by atoms with van der Waals surface area (Å²) in [5.41, 5.74) is 0.312. The first-order valence-electron chi connectivity index (χ1n) is 11.0. The molecule has 0 bridgehead atoms. The Morgan fingerprint density at radius 1 is 1.30 bits per heavy atom. The van der Waals surface area contributed by atoms with Crippen molar-refractivity contribution in [3.05, 3.63) is 30.1 Å². The Balaban J connectivity index is 2.00. The lowest BCUT2D eigenvalue weighted by Gasteiger charge is -2.39. The fourth-order valence-corrected chi connectivity index (χ4v) is 3.60. The number of hydrogen-bond donors (Lipinski definition) is 4. The Labute approximate surface area is 192 Å². The molecule has 3 atom stereocenters. The molecule has 182 valence electrons. The van der Waals surface area contributed by atoms with Gasteiger partial charge in [-0.1, -0.05) is 6.07 Å². The standard InChI is InChI=1S/C22H32FN5O5/c1-14(24-2)21(31)28-11-9-17(27-22(32)26-16-7-4-6-15(23)12-16)13-18(28)20(30)25-10-5-8-19(29)33-3/h4,6-7,12,14,17-18,24H,5,8-11,13H2,1-3H3,(H,25,30)(H2,26,27,32)/p+1/t14-,17-,18-/m0/s1. The molecule has 1 saturated heterocycles. The molecule has 5 N–H and O–H groups in total. The predicted octanol–water partition coefficient (Wildman–Crippen LogP) is -0.0421. The number of methoxy groups -OCH3 is 1. The van der Waals surface area contributed by atoms with Crippen LogP contribution < -0.4 is 21.3 Å². The molecule has 4 amide bonds. The lowest BCUT2D eigenvalue weighted by molar-refractivity contribution is -0.647. The van der Waals surface area contributed by atoms with Crippen LogP contribution in [0.1, 0.15) is 32.6 Å². The van der Waals surface area contributed by atoms with E-state index in [1.54, 1.807) is 30.3 Å². The number of hydrogen-bond acceptors (Lipinski definition) is 5. The topological polar surface area (TPSA) is 133 Å². The highest BCUT2D eigenvalue weighted by Crippen LogP contribution is 2.19. The molecule has 1 aromatic carbocycles. The molecule has 0 radical (unpaired) electrons. The van der Waals surface area contributed by atoms with Crippen LogP contribution in [0.4, 0.5) is 14.9 Å². The fourth-order valence-electron chi connectivity index (χ4n) is 3.60. The highest BCUT2D eigenvalue weighted by atomic mass is 19.1. The Hall–Kier alpha value is -3.21. The number of halogens is 1. The summed E-state index contributed by atoms with van der Waals surface area (Å²) in [5, 5.41) is 9.92. The number of nitrogens with two attached hydrogens (primary N) is 1. The highest BCUT2D eigenvalue weighted by molar-refractivity contribution is 5.91. The molecule has 1 aliphatic rings. The van der Waals surface area contributed by atoms with Crippen LogP contribution in [0.3, 0.4) is 0 Å². The van der Waals surface area contributed by atoms with Gasteiger partial charge in [0, 0.05) is 31.2 Å². The number of nitrogens with zero attached hydrogens (tertiary/aromatic N) is 1. The van der Waals surface area contributed by atoms with Gasteiger partial charge in [-0.2, -0.15) is 0 Å². The van der Waals surface area contributed by atoms with Crippen LogP contribution in [0.5, 0.6) is 0 Å². The number of likely N-dealkylation sites (N-methyl/N-ethyl adjacent to an activating group) is 1. The quantitative estimate of drug-likeness (QED) is 0.299. The third kappa shape index (κ3) is 8.01. The third-order valence-corrected chi connectivity index (χ3v) is 5.58. The lowest BCUT2D eigenvalue weighted by Crippen LogP contribution is -2.88. The largest absolute Gasteiger partial charge is 0.469 e. The number of likely N-dealkylation sites (tertiary alicyclic amines) is 1. The number of ether oxygens (including phenoxy) is 1. The van der Waals surface area contributed by atoms with Gasteiger partial charge in [-0.3, -0.25) is 14.4 Å².